The van der Waals surface area contributed by atoms with Crippen molar-refractivity contribution in [3.05, 3.63) is 11.6 Å². The number of rotatable bonds is 1. The van der Waals surface area contributed by atoms with E-state index < -0.39 is 0 Å². The van der Waals surface area contributed by atoms with Crippen molar-refractivity contribution in [2.45, 2.75) is 78.2 Å². The van der Waals surface area contributed by atoms with Gasteiger partial charge in [-0.2, -0.15) is 0 Å². The summed E-state index contributed by atoms with van der Waals surface area (Å²) >= 11 is 0. The molecule has 4 rings (SSSR count). The Morgan fingerprint density at radius 2 is 1.83 bits per heavy atom. The molecular weight excluding hydrogens is 300 g/mol. The van der Waals surface area contributed by atoms with Crippen LogP contribution in [-0.4, -0.2) is 17.9 Å². The second kappa shape index (κ2) is 5.44. The molecule has 4 aliphatic carbocycles. The third kappa shape index (κ3) is 2.23. The Kier molecular flexibility index (Phi) is 3.71. The smallest absolute Gasteiger partial charge is 0.302 e. The lowest BCUT2D eigenvalue weighted by atomic mass is 9.48. The summed E-state index contributed by atoms with van der Waals surface area (Å²) in [5.74, 6) is 2.33. The Bertz CT molecular complexity index is 606. The molecule has 132 valence electrons. The van der Waals surface area contributed by atoms with Crippen LogP contribution in [0.15, 0.2) is 11.6 Å². The highest BCUT2D eigenvalue weighted by Gasteiger charge is 2.58. The quantitative estimate of drug-likeness (QED) is 0.527. The van der Waals surface area contributed by atoms with Crippen molar-refractivity contribution in [1.82, 2.24) is 0 Å². The molecular formula is C21H30O3. The molecule has 3 fully saturated rings. The van der Waals surface area contributed by atoms with E-state index in [0.717, 1.165) is 44.9 Å². The summed E-state index contributed by atoms with van der Waals surface area (Å²) in [5, 5.41) is 0. The zero-order valence-electron chi connectivity index (χ0n) is 15.3. The van der Waals surface area contributed by atoms with Gasteiger partial charge in [-0.1, -0.05) is 25.5 Å². The van der Waals surface area contributed by atoms with Crippen LogP contribution in [0.4, 0.5) is 0 Å². The van der Waals surface area contributed by atoms with E-state index in [0.29, 0.717) is 23.5 Å². The first-order valence-corrected chi connectivity index (χ1v) is 9.74. The van der Waals surface area contributed by atoms with Crippen molar-refractivity contribution >= 4 is 11.8 Å². The van der Waals surface area contributed by atoms with Gasteiger partial charge in [-0.25, -0.2) is 0 Å². The zero-order valence-corrected chi connectivity index (χ0v) is 15.3. The number of esters is 1. The van der Waals surface area contributed by atoms with E-state index in [1.807, 2.05) is 0 Å². The maximum atomic E-state index is 12.4. The van der Waals surface area contributed by atoms with Gasteiger partial charge in [0.05, 0.1) is 0 Å². The highest BCUT2D eigenvalue weighted by molar-refractivity contribution is 5.87. The second-order valence-corrected chi connectivity index (χ2v) is 9.15. The number of carbonyl (C=O) groups is 2. The van der Waals surface area contributed by atoms with Crippen molar-refractivity contribution in [2.24, 2.45) is 28.6 Å². The molecule has 3 saturated carbocycles. The Morgan fingerprint density at radius 3 is 2.58 bits per heavy atom. The van der Waals surface area contributed by atoms with E-state index in [1.54, 1.807) is 0 Å². The van der Waals surface area contributed by atoms with E-state index in [-0.39, 0.29) is 22.9 Å². The number of allylic oxidation sites excluding steroid dienone is 1. The summed E-state index contributed by atoms with van der Waals surface area (Å²) in [6, 6.07) is 0. The third-order valence-corrected chi connectivity index (χ3v) is 8.10. The molecule has 0 aromatic heterocycles. The van der Waals surface area contributed by atoms with E-state index in [1.165, 1.54) is 18.9 Å². The van der Waals surface area contributed by atoms with E-state index in [4.69, 9.17) is 4.74 Å². The molecule has 2 unspecified atom stereocenters. The molecule has 24 heavy (non-hydrogen) atoms. The number of hydrogen-bond donors (Lipinski definition) is 0. The molecule has 0 heterocycles. The lowest BCUT2D eigenvalue weighted by molar-refractivity contribution is -0.148. The van der Waals surface area contributed by atoms with E-state index in [2.05, 4.69) is 19.9 Å². The van der Waals surface area contributed by atoms with Crippen LogP contribution in [0.2, 0.25) is 0 Å². The molecule has 3 heteroatoms. The van der Waals surface area contributed by atoms with Crippen LogP contribution in [0.1, 0.15) is 72.1 Å². The van der Waals surface area contributed by atoms with Gasteiger partial charge in [0.1, 0.15) is 11.9 Å². The summed E-state index contributed by atoms with van der Waals surface area (Å²) in [5.41, 5.74) is 1.74. The largest absolute Gasteiger partial charge is 0.462 e. The molecule has 0 aromatic rings. The Balaban J connectivity index is 1.60. The Morgan fingerprint density at radius 1 is 1.12 bits per heavy atom. The summed E-state index contributed by atoms with van der Waals surface area (Å²) in [6.45, 7) is 6.19. The number of ether oxygens (including phenoxy) is 1. The van der Waals surface area contributed by atoms with Crippen molar-refractivity contribution in [3.8, 4) is 0 Å². The molecule has 0 saturated heterocycles. The van der Waals surface area contributed by atoms with Crippen LogP contribution in [0, 0.1) is 28.6 Å². The first kappa shape index (κ1) is 16.4. The minimum absolute atomic E-state index is 0.0438. The first-order valence-electron chi connectivity index (χ1n) is 9.74. The molecule has 0 bridgehead atoms. The average molecular weight is 330 g/mol. The van der Waals surface area contributed by atoms with Gasteiger partial charge in [-0.05, 0) is 61.7 Å². The van der Waals surface area contributed by atoms with Crippen LogP contribution in [0.25, 0.3) is 0 Å². The number of hydrogen-bond acceptors (Lipinski definition) is 3. The van der Waals surface area contributed by atoms with Crippen molar-refractivity contribution < 1.29 is 14.3 Å². The molecule has 4 aliphatic rings. The van der Waals surface area contributed by atoms with Gasteiger partial charge in [0.15, 0.2) is 0 Å². The minimum Gasteiger partial charge on any atom is -0.462 e. The number of Topliss-reactive ketones (excluding diaryl/α,β-unsaturated/α-hetero) is 1. The molecule has 6 atom stereocenters. The van der Waals surface area contributed by atoms with Crippen LogP contribution in [-0.2, 0) is 14.3 Å². The monoisotopic (exact) mass is 330 g/mol. The fourth-order valence-electron chi connectivity index (χ4n) is 6.73. The topological polar surface area (TPSA) is 43.4 Å². The van der Waals surface area contributed by atoms with Gasteiger partial charge in [-0.3, -0.25) is 9.59 Å². The van der Waals surface area contributed by atoms with Crippen LogP contribution in [0.3, 0.4) is 0 Å². The predicted octanol–water partition coefficient (Wildman–Crippen LogP) is 4.45. The first-order chi connectivity index (χ1) is 11.3. The normalized spacial score (nSPS) is 47.3. The van der Waals surface area contributed by atoms with Crippen molar-refractivity contribution in [2.75, 3.05) is 0 Å². The highest BCUT2D eigenvalue weighted by atomic mass is 16.5. The third-order valence-electron chi connectivity index (χ3n) is 8.10. The van der Waals surface area contributed by atoms with Gasteiger partial charge >= 0.3 is 5.97 Å². The fourth-order valence-corrected chi connectivity index (χ4v) is 6.73. The summed E-state index contributed by atoms with van der Waals surface area (Å²) in [4.78, 5) is 23.7. The van der Waals surface area contributed by atoms with Gasteiger partial charge < -0.3 is 4.74 Å². The highest BCUT2D eigenvalue weighted by Crippen LogP contribution is 2.64. The maximum Gasteiger partial charge on any atom is 0.302 e. The second-order valence-electron chi connectivity index (χ2n) is 9.15. The van der Waals surface area contributed by atoms with Crippen molar-refractivity contribution in [1.29, 1.82) is 0 Å². The summed E-state index contributed by atoms with van der Waals surface area (Å²) < 4.78 is 5.50. The average Bonchev–Trinajstić information content (AvgIpc) is 2.83. The lowest BCUT2D eigenvalue weighted by Crippen LogP contribution is -2.50. The van der Waals surface area contributed by atoms with Gasteiger partial charge in [-0.15, -0.1) is 0 Å². The predicted molar refractivity (Wildman–Crippen MR) is 92.3 cm³/mol. The molecule has 0 N–H and O–H groups in total. The van der Waals surface area contributed by atoms with Crippen LogP contribution < -0.4 is 0 Å². The maximum absolute atomic E-state index is 12.4. The number of fused-ring (bicyclic) bond motifs is 5. The molecule has 0 spiro atoms. The zero-order chi connectivity index (χ0) is 17.1. The molecule has 0 amide bonds. The fraction of sp³-hybridized carbons (Fsp3) is 0.810. The van der Waals surface area contributed by atoms with Gasteiger partial charge in [0.25, 0.3) is 0 Å². The molecule has 0 radical (unpaired) electrons. The molecule has 3 nitrogen and oxygen atoms in total. The number of ketones is 1. The van der Waals surface area contributed by atoms with Crippen LogP contribution >= 0.6 is 0 Å². The summed E-state index contributed by atoms with van der Waals surface area (Å²) in [6.07, 6.45) is 10.8. The SMILES string of the molecule is CC(=O)O[C@H]1CC[C@@]2(C)C(=CC[C@@H]3C2CC[C@]2(C)C(=O)CCC32)C1. The Labute approximate surface area is 145 Å². The standard InChI is InChI=1S/C21H30O3/c1-13(22)24-15-8-10-20(2)14(12-15)4-5-16-17-6-7-19(23)21(17,3)11-9-18(16)20/h4,15-18H,5-12H2,1-3H3/t15-,16-,17?,18?,20-,21-/m0/s1. The molecule has 0 aliphatic heterocycles. The summed E-state index contributed by atoms with van der Waals surface area (Å²) in [7, 11) is 0. The van der Waals surface area contributed by atoms with E-state index >= 15 is 0 Å². The molecule has 0 aromatic carbocycles. The van der Waals surface area contributed by atoms with Gasteiger partial charge in [0.2, 0.25) is 0 Å². The Hall–Kier alpha value is -1.12. The number of carbonyl (C=O) groups excluding carboxylic acids is 2. The van der Waals surface area contributed by atoms with Crippen LogP contribution in [0.5, 0.6) is 0 Å². The lowest BCUT2D eigenvalue weighted by Gasteiger charge is -2.56. The minimum atomic E-state index is -0.157. The van der Waals surface area contributed by atoms with E-state index in [9.17, 15) is 9.59 Å². The van der Waals surface area contributed by atoms with Gasteiger partial charge in [0, 0.05) is 25.2 Å². The van der Waals surface area contributed by atoms with Crippen molar-refractivity contribution in [3.63, 3.8) is 0 Å².